The topological polar surface area (TPSA) is 15.3 Å². The highest BCUT2D eigenvalue weighted by molar-refractivity contribution is 4.78. The SMILES string of the molecule is CCCC(CC)N1CCNC(CC)CC1. The quantitative estimate of drug-likeness (QED) is 0.753. The van der Waals surface area contributed by atoms with Crippen LogP contribution in [0, 0.1) is 0 Å². The molecule has 1 saturated heterocycles. The molecule has 0 spiro atoms. The molecule has 1 fully saturated rings. The van der Waals surface area contributed by atoms with Crippen molar-refractivity contribution in [3.05, 3.63) is 0 Å². The van der Waals surface area contributed by atoms with Crippen LogP contribution < -0.4 is 5.32 Å². The third kappa shape index (κ3) is 4.12. The average Bonchev–Trinajstić information content (AvgIpc) is 2.51. The van der Waals surface area contributed by atoms with Gasteiger partial charge in [-0.15, -0.1) is 0 Å². The van der Waals surface area contributed by atoms with Crippen LogP contribution in [-0.2, 0) is 0 Å². The van der Waals surface area contributed by atoms with Gasteiger partial charge in [-0.05, 0) is 32.2 Å². The summed E-state index contributed by atoms with van der Waals surface area (Å²) in [5, 5.41) is 3.64. The highest BCUT2D eigenvalue weighted by Gasteiger charge is 2.20. The molecule has 0 aromatic heterocycles. The van der Waals surface area contributed by atoms with Gasteiger partial charge >= 0.3 is 0 Å². The van der Waals surface area contributed by atoms with Crippen LogP contribution in [0.3, 0.4) is 0 Å². The molecule has 1 rings (SSSR count). The lowest BCUT2D eigenvalue weighted by Gasteiger charge is -2.29. The first-order chi connectivity index (χ1) is 7.31. The Bertz CT molecular complexity index is 159. The van der Waals surface area contributed by atoms with Crippen LogP contribution in [-0.4, -0.2) is 36.6 Å². The Kier molecular flexibility index (Phi) is 6.26. The van der Waals surface area contributed by atoms with E-state index in [1.54, 1.807) is 0 Å². The molecule has 90 valence electrons. The molecule has 2 atom stereocenters. The molecule has 2 unspecified atom stereocenters. The van der Waals surface area contributed by atoms with Gasteiger partial charge in [0.25, 0.3) is 0 Å². The molecule has 0 aliphatic carbocycles. The van der Waals surface area contributed by atoms with Crippen molar-refractivity contribution < 1.29 is 0 Å². The number of hydrogen-bond acceptors (Lipinski definition) is 2. The van der Waals surface area contributed by atoms with Crippen molar-refractivity contribution >= 4 is 0 Å². The van der Waals surface area contributed by atoms with E-state index in [9.17, 15) is 0 Å². The van der Waals surface area contributed by atoms with E-state index in [0.29, 0.717) is 0 Å². The number of nitrogens with one attached hydrogen (secondary N) is 1. The predicted molar refractivity (Wildman–Crippen MR) is 67.3 cm³/mol. The maximum Gasteiger partial charge on any atom is 0.0110 e. The molecule has 1 heterocycles. The first-order valence-corrected chi connectivity index (χ1v) is 6.79. The number of nitrogens with zero attached hydrogens (tertiary/aromatic N) is 1. The molecule has 0 amide bonds. The molecule has 0 aromatic carbocycles. The van der Waals surface area contributed by atoms with Crippen LogP contribution in [0.4, 0.5) is 0 Å². The summed E-state index contributed by atoms with van der Waals surface area (Å²) in [6, 6.07) is 1.58. The van der Waals surface area contributed by atoms with Crippen LogP contribution in [0.5, 0.6) is 0 Å². The second-order valence-electron chi connectivity index (χ2n) is 4.73. The van der Waals surface area contributed by atoms with E-state index in [0.717, 1.165) is 12.1 Å². The van der Waals surface area contributed by atoms with Crippen LogP contribution in [0.2, 0.25) is 0 Å². The van der Waals surface area contributed by atoms with E-state index in [2.05, 4.69) is 31.0 Å². The van der Waals surface area contributed by atoms with E-state index < -0.39 is 0 Å². The van der Waals surface area contributed by atoms with Gasteiger partial charge in [0, 0.05) is 25.2 Å². The van der Waals surface area contributed by atoms with Crippen molar-refractivity contribution in [2.24, 2.45) is 0 Å². The van der Waals surface area contributed by atoms with Crippen molar-refractivity contribution in [3.63, 3.8) is 0 Å². The molecule has 1 aliphatic heterocycles. The van der Waals surface area contributed by atoms with Gasteiger partial charge in [-0.2, -0.15) is 0 Å². The second kappa shape index (κ2) is 7.24. The summed E-state index contributed by atoms with van der Waals surface area (Å²) >= 11 is 0. The number of rotatable bonds is 5. The van der Waals surface area contributed by atoms with Crippen LogP contribution >= 0.6 is 0 Å². The molecule has 0 saturated carbocycles. The monoisotopic (exact) mass is 212 g/mol. The Morgan fingerprint density at radius 1 is 1.27 bits per heavy atom. The van der Waals surface area contributed by atoms with Gasteiger partial charge in [0.15, 0.2) is 0 Å². The highest BCUT2D eigenvalue weighted by Crippen LogP contribution is 2.14. The lowest BCUT2D eigenvalue weighted by atomic mass is 10.1. The third-order valence-electron chi connectivity index (χ3n) is 3.70. The summed E-state index contributed by atoms with van der Waals surface area (Å²) in [6.07, 6.45) is 6.60. The Hall–Kier alpha value is -0.0800. The lowest BCUT2D eigenvalue weighted by Crippen LogP contribution is -2.37. The Labute approximate surface area is 95.4 Å². The maximum absolute atomic E-state index is 3.64. The van der Waals surface area contributed by atoms with Gasteiger partial charge < -0.3 is 5.32 Å². The van der Waals surface area contributed by atoms with Crippen molar-refractivity contribution in [3.8, 4) is 0 Å². The minimum Gasteiger partial charge on any atom is -0.313 e. The third-order valence-corrected chi connectivity index (χ3v) is 3.70. The Morgan fingerprint density at radius 3 is 2.67 bits per heavy atom. The van der Waals surface area contributed by atoms with E-state index in [-0.39, 0.29) is 0 Å². The molecule has 15 heavy (non-hydrogen) atoms. The van der Waals surface area contributed by atoms with Crippen LogP contribution in [0.25, 0.3) is 0 Å². The van der Waals surface area contributed by atoms with Crippen molar-refractivity contribution in [2.75, 3.05) is 19.6 Å². The molecule has 2 heteroatoms. The molecular weight excluding hydrogens is 184 g/mol. The Morgan fingerprint density at radius 2 is 2.07 bits per heavy atom. The van der Waals surface area contributed by atoms with Crippen molar-refractivity contribution in [1.29, 1.82) is 0 Å². The van der Waals surface area contributed by atoms with Crippen LogP contribution in [0.1, 0.15) is 52.9 Å². The summed E-state index contributed by atoms with van der Waals surface area (Å²) < 4.78 is 0. The molecule has 1 N–H and O–H groups in total. The largest absolute Gasteiger partial charge is 0.313 e. The smallest absolute Gasteiger partial charge is 0.0110 e. The van der Waals surface area contributed by atoms with E-state index in [1.807, 2.05) is 0 Å². The second-order valence-corrected chi connectivity index (χ2v) is 4.73. The van der Waals surface area contributed by atoms with Crippen LogP contribution in [0.15, 0.2) is 0 Å². The molecule has 0 bridgehead atoms. The predicted octanol–water partition coefficient (Wildman–Crippen LogP) is 2.64. The van der Waals surface area contributed by atoms with Crippen molar-refractivity contribution in [2.45, 2.75) is 65.0 Å². The van der Waals surface area contributed by atoms with Crippen molar-refractivity contribution in [1.82, 2.24) is 10.2 Å². The summed E-state index contributed by atoms with van der Waals surface area (Å²) in [7, 11) is 0. The fourth-order valence-corrected chi connectivity index (χ4v) is 2.64. The minimum atomic E-state index is 0.758. The molecule has 1 aliphatic rings. The van der Waals surface area contributed by atoms with Gasteiger partial charge in [-0.25, -0.2) is 0 Å². The summed E-state index contributed by atoms with van der Waals surface area (Å²) in [5.74, 6) is 0. The number of hydrogen-bond donors (Lipinski definition) is 1. The van der Waals surface area contributed by atoms with Gasteiger partial charge in [-0.1, -0.05) is 27.2 Å². The molecule has 0 radical (unpaired) electrons. The van der Waals surface area contributed by atoms with Gasteiger partial charge in [0.1, 0.15) is 0 Å². The molecule has 0 aromatic rings. The van der Waals surface area contributed by atoms with Gasteiger partial charge in [0.05, 0.1) is 0 Å². The minimum absolute atomic E-state index is 0.758. The maximum atomic E-state index is 3.64. The zero-order valence-electron chi connectivity index (χ0n) is 10.8. The normalized spacial score (nSPS) is 26.2. The Balaban J connectivity index is 2.40. The first kappa shape index (κ1) is 13.0. The zero-order valence-corrected chi connectivity index (χ0v) is 10.8. The standard InChI is InChI=1S/C13H28N2/c1-4-7-13(6-3)15-10-8-12(5-2)14-9-11-15/h12-14H,4-11H2,1-3H3. The molecule has 2 nitrogen and oxygen atoms in total. The fraction of sp³-hybridized carbons (Fsp3) is 1.00. The van der Waals surface area contributed by atoms with Gasteiger partial charge in [-0.3, -0.25) is 4.90 Å². The van der Waals surface area contributed by atoms with E-state index in [4.69, 9.17) is 0 Å². The molecular formula is C13H28N2. The summed E-state index contributed by atoms with van der Waals surface area (Å²) in [4.78, 5) is 2.70. The fourth-order valence-electron chi connectivity index (χ4n) is 2.64. The summed E-state index contributed by atoms with van der Waals surface area (Å²) in [5.41, 5.74) is 0. The summed E-state index contributed by atoms with van der Waals surface area (Å²) in [6.45, 7) is 10.6. The van der Waals surface area contributed by atoms with E-state index >= 15 is 0 Å². The van der Waals surface area contributed by atoms with Gasteiger partial charge in [0.2, 0.25) is 0 Å². The van der Waals surface area contributed by atoms with E-state index in [1.165, 1.54) is 51.7 Å². The lowest BCUT2D eigenvalue weighted by molar-refractivity contribution is 0.191. The average molecular weight is 212 g/mol. The highest BCUT2D eigenvalue weighted by atomic mass is 15.2. The first-order valence-electron chi connectivity index (χ1n) is 6.79. The zero-order chi connectivity index (χ0) is 11.1.